The Labute approximate surface area is 113 Å². The number of rotatable bonds is 2. The topological polar surface area (TPSA) is 12.5 Å². The van der Waals surface area contributed by atoms with Crippen LogP contribution in [0.3, 0.4) is 0 Å². The van der Waals surface area contributed by atoms with Gasteiger partial charge in [-0.3, -0.25) is 4.90 Å². The molecule has 0 radical (unpaired) electrons. The highest BCUT2D eigenvalue weighted by atomic mass is 16.5. The van der Waals surface area contributed by atoms with Crippen LogP contribution in [0.25, 0.3) is 0 Å². The first kappa shape index (κ1) is 15.6. The van der Waals surface area contributed by atoms with E-state index >= 15 is 0 Å². The highest BCUT2D eigenvalue weighted by Gasteiger charge is 2.32. The summed E-state index contributed by atoms with van der Waals surface area (Å²) in [5.41, 5.74) is 1.75. The van der Waals surface area contributed by atoms with Crippen LogP contribution in [0.15, 0.2) is 11.3 Å². The van der Waals surface area contributed by atoms with E-state index in [1.54, 1.807) is 0 Å². The van der Waals surface area contributed by atoms with Crippen molar-refractivity contribution >= 4 is 0 Å². The van der Waals surface area contributed by atoms with Crippen molar-refractivity contribution in [3.05, 3.63) is 11.3 Å². The number of hydrogen-bond donors (Lipinski definition) is 0. The predicted octanol–water partition coefficient (Wildman–Crippen LogP) is 4.07. The van der Waals surface area contributed by atoms with Gasteiger partial charge in [0.05, 0.1) is 0 Å². The van der Waals surface area contributed by atoms with E-state index < -0.39 is 0 Å². The molecule has 1 heterocycles. The molecule has 0 saturated heterocycles. The Morgan fingerprint density at radius 3 is 2.11 bits per heavy atom. The van der Waals surface area contributed by atoms with Crippen LogP contribution in [0.5, 0.6) is 0 Å². The van der Waals surface area contributed by atoms with Crippen molar-refractivity contribution in [1.29, 1.82) is 0 Å². The molecule has 2 nitrogen and oxygen atoms in total. The minimum atomic E-state index is 0.102. The molecule has 0 aromatic heterocycles. The normalized spacial score (nSPS) is 19.7. The third kappa shape index (κ3) is 4.01. The van der Waals surface area contributed by atoms with Crippen molar-refractivity contribution in [3.8, 4) is 0 Å². The molecule has 0 N–H and O–H groups in total. The lowest BCUT2D eigenvalue weighted by molar-refractivity contribution is 0.137. The number of allylic oxidation sites excluding steroid dienone is 1. The van der Waals surface area contributed by atoms with Crippen LogP contribution in [0, 0.1) is 10.8 Å². The average Bonchev–Trinajstić information content (AvgIpc) is 2.39. The fourth-order valence-corrected chi connectivity index (χ4v) is 2.49. The van der Waals surface area contributed by atoms with Gasteiger partial charge in [-0.1, -0.05) is 48.5 Å². The van der Waals surface area contributed by atoms with Gasteiger partial charge in [0, 0.05) is 18.5 Å². The van der Waals surface area contributed by atoms with E-state index in [2.05, 4.69) is 53.4 Å². The van der Waals surface area contributed by atoms with Crippen molar-refractivity contribution in [1.82, 2.24) is 4.90 Å². The summed E-state index contributed by atoms with van der Waals surface area (Å²) < 4.78 is 6.12. The molecule has 1 aliphatic heterocycles. The lowest BCUT2D eigenvalue weighted by Gasteiger charge is -2.32. The van der Waals surface area contributed by atoms with E-state index in [-0.39, 0.29) is 10.8 Å². The summed E-state index contributed by atoms with van der Waals surface area (Å²) >= 11 is 0. The maximum atomic E-state index is 6.12. The molecule has 1 rings (SSSR count). The van der Waals surface area contributed by atoms with E-state index in [4.69, 9.17) is 4.74 Å². The summed E-state index contributed by atoms with van der Waals surface area (Å²) in [5.74, 6) is 1.22. The minimum Gasteiger partial charge on any atom is -0.496 e. The van der Waals surface area contributed by atoms with Crippen LogP contribution in [-0.2, 0) is 4.74 Å². The summed E-state index contributed by atoms with van der Waals surface area (Å²) in [6, 6.07) is 0. The fourth-order valence-electron chi connectivity index (χ4n) is 2.49. The molecule has 0 aromatic rings. The molecule has 2 heteroatoms. The molecule has 1 aliphatic rings. The molecule has 0 aromatic carbocycles. The predicted molar refractivity (Wildman–Crippen MR) is 78.6 cm³/mol. The highest BCUT2D eigenvalue weighted by molar-refractivity contribution is 5.22. The van der Waals surface area contributed by atoms with Gasteiger partial charge in [-0.05, 0) is 24.0 Å². The zero-order chi connectivity index (χ0) is 14.0. The van der Waals surface area contributed by atoms with E-state index in [1.807, 2.05) is 0 Å². The zero-order valence-corrected chi connectivity index (χ0v) is 13.4. The molecular weight excluding hydrogens is 222 g/mol. The largest absolute Gasteiger partial charge is 0.496 e. The van der Waals surface area contributed by atoms with Crippen LogP contribution in [-0.4, -0.2) is 31.1 Å². The fraction of sp³-hybridized carbons (Fsp3) is 0.875. The Kier molecular flexibility index (Phi) is 4.88. The molecule has 0 spiro atoms. The van der Waals surface area contributed by atoms with E-state index in [9.17, 15) is 0 Å². The number of ether oxygens (including phenoxy) is 1. The van der Waals surface area contributed by atoms with Gasteiger partial charge in [0.2, 0.25) is 0 Å². The number of nitrogens with zero attached hydrogens (tertiary/aromatic N) is 1. The molecule has 18 heavy (non-hydrogen) atoms. The van der Waals surface area contributed by atoms with Crippen molar-refractivity contribution in [2.45, 2.75) is 54.9 Å². The van der Waals surface area contributed by atoms with Gasteiger partial charge in [-0.2, -0.15) is 0 Å². The zero-order valence-electron chi connectivity index (χ0n) is 13.4. The third-order valence-corrected chi connectivity index (χ3v) is 3.44. The maximum Gasteiger partial charge on any atom is 0.102 e. The molecule has 0 bridgehead atoms. The maximum absolute atomic E-state index is 6.12. The average molecular weight is 253 g/mol. The minimum absolute atomic E-state index is 0.102. The van der Waals surface area contributed by atoms with Crippen LogP contribution in [0.4, 0.5) is 0 Å². The lowest BCUT2D eigenvalue weighted by Crippen LogP contribution is -2.31. The summed E-state index contributed by atoms with van der Waals surface area (Å²) in [6.45, 7) is 20.0. The molecular formula is C16H31NO. The molecule has 0 atom stereocenters. The summed E-state index contributed by atoms with van der Waals surface area (Å²) in [7, 11) is 0. The van der Waals surface area contributed by atoms with Gasteiger partial charge in [0.1, 0.15) is 12.4 Å². The lowest BCUT2D eigenvalue weighted by atomic mass is 9.79. The van der Waals surface area contributed by atoms with Crippen molar-refractivity contribution in [2.24, 2.45) is 10.8 Å². The standard InChI is InChI=1S/C16H31NO/c1-8-9-17-10-11-18-14(16(5,6)7)13(12-17)15(2,3)4/h8-12H2,1-7H3. The van der Waals surface area contributed by atoms with Crippen molar-refractivity contribution in [2.75, 3.05) is 26.2 Å². The van der Waals surface area contributed by atoms with Crippen LogP contribution in [0.2, 0.25) is 0 Å². The van der Waals surface area contributed by atoms with Crippen LogP contribution < -0.4 is 0 Å². The third-order valence-electron chi connectivity index (χ3n) is 3.44. The SMILES string of the molecule is CCCN1CCOC(C(C)(C)C)=C(C(C)(C)C)C1. The van der Waals surface area contributed by atoms with Crippen molar-refractivity contribution < 1.29 is 4.74 Å². The van der Waals surface area contributed by atoms with Gasteiger partial charge in [-0.15, -0.1) is 0 Å². The molecule has 0 amide bonds. The first-order valence-electron chi connectivity index (χ1n) is 7.25. The first-order chi connectivity index (χ1) is 8.16. The molecule has 0 unspecified atom stereocenters. The Balaban J connectivity index is 3.10. The highest BCUT2D eigenvalue weighted by Crippen LogP contribution is 2.38. The number of hydrogen-bond acceptors (Lipinski definition) is 2. The quantitative estimate of drug-likeness (QED) is 0.735. The first-order valence-corrected chi connectivity index (χ1v) is 7.25. The molecule has 106 valence electrons. The van der Waals surface area contributed by atoms with E-state index in [0.29, 0.717) is 0 Å². The van der Waals surface area contributed by atoms with E-state index in [1.165, 1.54) is 24.3 Å². The second kappa shape index (κ2) is 5.64. The smallest absolute Gasteiger partial charge is 0.102 e. The van der Waals surface area contributed by atoms with Gasteiger partial charge >= 0.3 is 0 Å². The second-order valence-corrected chi connectivity index (χ2v) is 7.43. The molecule has 0 aliphatic carbocycles. The molecule has 0 fully saturated rings. The monoisotopic (exact) mass is 253 g/mol. The Morgan fingerprint density at radius 2 is 1.67 bits per heavy atom. The Hall–Kier alpha value is -0.500. The molecule has 0 saturated carbocycles. The Bertz CT molecular complexity index is 304. The van der Waals surface area contributed by atoms with Gasteiger partial charge < -0.3 is 4.74 Å². The van der Waals surface area contributed by atoms with Crippen LogP contribution in [0.1, 0.15) is 54.9 Å². The van der Waals surface area contributed by atoms with Gasteiger partial charge in [-0.25, -0.2) is 0 Å². The summed E-state index contributed by atoms with van der Waals surface area (Å²) in [6.07, 6.45) is 1.21. The van der Waals surface area contributed by atoms with Gasteiger partial charge in [0.15, 0.2) is 0 Å². The van der Waals surface area contributed by atoms with Crippen LogP contribution >= 0.6 is 0 Å². The van der Waals surface area contributed by atoms with E-state index in [0.717, 1.165) is 19.7 Å². The summed E-state index contributed by atoms with van der Waals surface area (Å²) in [4.78, 5) is 2.53. The second-order valence-electron chi connectivity index (χ2n) is 7.43. The Morgan fingerprint density at radius 1 is 1.06 bits per heavy atom. The summed E-state index contributed by atoms with van der Waals surface area (Å²) in [5, 5.41) is 0. The van der Waals surface area contributed by atoms with Gasteiger partial charge in [0.25, 0.3) is 0 Å². The van der Waals surface area contributed by atoms with Crippen molar-refractivity contribution in [3.63, 3.8) is 0 Å².